The maximum atomic E-state index is 12.5. The maximum absolute atomic E-state index is 12.5. The summed E-state index contributed by atoms with van der Waals surface area (Å²) in [6.45, 7) is 10.5. The molecule has 0 saturated carbocycles. The molecule has 0 aliphatic carbocycles. The highest BCUT2D eigenvalue weighted by Gasteiger charge is 2.29. The molecule has 1 aromatic carbocycles. The Balaban J connectivity index is 2.01. The molecule has 1 fully saturated rings. The molecule has 1 saturated heterocycles. The number of carbonyl (C=O) groups excluding carboxylic acids is 1. The smallest absolute Gasteiger partial charge is 0.241 e. The monoisotopic (exact) mass is 289 g/mol. The summed E-state index contributed by atoms with van der Waals surface area (Å²) in [5, 5.41) is 3.01. The van der Waals surface area contributed by atoms with Gasteiger partial charge < -0.3 is 11.1 Å². The zero-order chi connectivity index (χ0) is 15.6. The van der Waals surface area contributed by atoms with Crippen molar-refractivity contribution in [1.82, 2.24) is 4.90 Å². The lowest BCUT2D eigenvalue weighted by Gasteiger charge is -2.38. The van der Waals surface area contributed by atoms with Crippen molar-refractivity contribution in [2.45, 2.75) is 40.2 Å². The number of hydrogen-bond acceptors (Lipinski definition) is 3. The molecule has 3 N–H and O–H groups in total. The fourth-order valence-corrected chi connectivity index (χ4v) is 2.82. The predicted molar refractivity (Wildman–Crippen MR) is 88.2 cm³/mol. The van der Waals surface area contributed by atoms with E-state index in [-0.39, 0.29) is 11.9 Å². The van der Waals surface area contributed by atoms with Gasteiger partial charge in [-0.1, -0.05) is 19.9 Å². The van der Waals surface area contributed by atoms with E-state index in [9.17, 15) is 4.79 Å². The van der Waals surface area contributed by atoms with Crippen molar-refractivity contribution in [3.8, 4) is 0 Å². The molecule has 1 aromatic rings. The molecule has 3 atom stereocenters. The maximum Gasteiger partial charge on any atom is 0.241 e. The van der Waals surface area contributed by atoms with Crippen LogP contribution in [0.1, 0.15) is 32.8 Å². The van der Waals surface area contributed by atoms with Gasteiger partial charge in [0.05, 0.1) is 6.04 Å². The number of nitrogens with two attached hydrogens (primary N) is 1. The van der Waals surface area contributed by atoms with Gasteiger partial charge in [-0.2, -0.15) is 0 Å². The predicted octanol–water partition coefficient (Wildman–Crippen LogP) is 2.88. The average molecular weight is 289 g/mol. The molecular weight excluding hydrogens is 262 g/mol. The summed E-state index contributed by atoms with van der Waals surface area (Å²) in [4.78, 5) is 14.7. The SMILES string of the molecule is Cc1ccc(N)cc1NC(=O)C(C)N1CCC(C)C(C)C1. The number of piperidine rings is 1. The van der Waals surface area contributed by atoms with E-state index in [2.05, 4.69) is 24.1 Å². The van der Waals surface area contributed by atoms with Crippen LogP contribution < -0.4 is 11.1 Å². The number of benzene rings is 1. The number of nitrogens with zero attached hydrogens (tertiary/aromatic N) is 1. The zero-order valence-corrected chi connectivity index (χ0v) is 13.5. The fraction of sp³-hybridized carbons (Fsp3) is 0.588. The Hall–Kier alpha value is -1.55. The number of rotatable bonds is 3. The molecule has 21 heavy (non-hydrogen) atoms. The number of carbonyl (C=O) groups is 1. The third-order valence-electron chi connectivity index (χ3n) is 4.81. The van der Waals surface area contributed by atoms with Crippen LogP contribution in [0.15, 0.2) is 18.2 Å². The first-order chi connectivity index (χ1) is 9.88. The highest BCUT2D eigenvalue weighted by molar-refractivity contribution is 5.95. The Kier molecular flexibility index (Phi) is 4.88. The van der Waals surface area contributed by atoms with E-state index >= 15 is 0 Å². The summed E-state index contributed by atoms with van der Waals surface area (Å²) in [6.07, 6.45) is 1.16. The van der Waals surface area contributed by atoms with E-state index < -0.39 is 0 Å². The minimum Gasteiger partial charge on any atom is -0.399 e. The molecule has 116 valence electrons. The summed E-state index contributed by atoms with van der Waals surface area (Å²) in [6, 6.07) is 5.49. The Morgan fingerprint density at radius 2 is 2.10 bits per heavy atom. The Morgan fingerprint density at radius 3 is 2.76 bits per heavy atom. The highest BCUT2D eigenvalue weighted by atomic mass is 16.2. The molecule has 1 amide bonds. The van der Waals surface area contributed by atoms with Crippen LogP contribution in [0.2, 0.25) is 0 Å². The van der Waals surface area contributed by atoms with Gasteiger partial charge in [0.2, 0.25) is 5.91 Å². The van der Waals surface area contributed by atoms with Crippen LogP contribution >= 0.6 is 0 Å². The van der Waals surface area contributed by atoms with E-state index in [1.165, 1.54) is 0 Å². The Morgan fingerprint density at radius 1 is 1.38 bits per heavy atom. The van der Waals surface area contributed by atoms with Crippen LogP contribution in [0, 0.1) is 18.8 Å². The molecule has 0 radical (unpaired) electrons. The van der Waals surface area contributed by atoms with Crippen LogP contribution in [0.5, 0.6) is 0 Å². The number of likely N-dealkylation sites (tertiary alicyclic amines) is 1. The summed E-state index contributed by atoms with van der Waals surface area (Å²) in [7, 11) is 0. The third-order valence-corrected chi connectivity index (χ3v) is 4.81. The van der Waals surface area contributed by atoms with Gasteiger partial charge >= 0.3 is 0 Å². The molecule has 0 bridgehead atoms. The van der Waals surface area contributed by atoms with Gasteiger partial charge in [-0.15, -0.1) is 0 Å². The number of nitrogen functional groups attached to an aromatic ring is 1. The fourth-order valence-electron chi connectivity index (χ4n) is 2.82. The van der Waals surface area contributed by atoms with E-state index in [1.807, 2.05) is 32.0 Å². The van der Waals surface area contributed by atoms with Crippen molar-refractivity contribution in [1.29, 1.82) is 0 Å². The van der Waals surface area contributed by atoms with Gasteiger partial charge in [0, 0.05) is 17.9 Å². The second-order valence-corrected chi connectivity index (χ2v) is 6.48. The van der Waals surface area contributed by atoms with E-state index in [4.69, 9.17) is 5.73 Å². The molecule has 1 aliphatic rings. The first-order valence-corrected chi connectivity index (χ1v) is 7.79. The largest absolute Gasteiger partial charge is 0.399 e. The molecule has 2 rings (SSSR count). The van der Waals surface area contributed by atoms with Crippen LogP contribution in [0.4, 0.5) is 11.4 Å². The highest BCUT2D eigenvalue weighted by Crippen LogP contribution is 2.24. The second kappa shape index (κ2) is 6.48. The lowest BCUT2D eigenvalue weighted by molar-refractivity contribution is -0.121. The minimum absolute atomic E-state index is 0.0467. The van der Waals surface area contributed by atoms with Crippen molar-refractivity contribution in [2.75, 3.05) is 24.1 Å². The number of amides is 1. The molecule has 0 spiro atoms. The van der Waals surface area contributed by atoms with Crippen molar-refractivity contribution < 1.29 is 4.79 Å². The molecular formula is C17H27N3O. The topological polar surface area (TPSA) is 58.4 Å². The lowest BCUT2D eigenvalue weighted by atomic mass is 9.88. The molecule has 0 aromatic heterocycles. The summed E-state index contributed by atoms with van der Waals surface area (Å²) in [5.74, 6) is 1.43. The third kappa shape index (κ3) is 3.76. The van der Waals surface area contributed by atoms with Gasteiger partial charge in [0.15, 0.2) is 0 Å². The summed E-state index contributed by atoms with van der Waals surface area (Å²) >= 11 is 0. The first-order valence-electron chi connectivity index (χ1n) is 7.79. The minimum atomic E-state index is -0.110. The van der Waals surface area contributed by atoms with Crippen LogP contribution in [0.25, 0.3) is 0 Å². The first kappa shape index (κ1) is 15.8. The zero-order valence-electron chi connectivity index (χ0n) is 13.5. The summed E-state index contributed by atoms with van der Waals surface area (Å²) in [5.41, 5.74) is 8.31. The standard InChI is InChI=1S/C17H27N3O/c1-11-7-8-20(10-13(11)3)14(4)17(21)19-16-9-15(18)6-5-12(16)2/h5-6,9,11,13-14H,7-8,10,18H2,1-4H3,(H,19,21). The van der Waals surface area contributed by atoms with E-state index in [0.29, 0.717) is 11.6 Å². The number of anilines is 2. The molecule has 1 aliphatic heterocycles. The summed E-state index contributed by atoms with van der Waals surface area (Å²) < 4.78 is 0. The lowest BCUT2D eigenvalue weighted by Crippen LogP contribution is -2.48. The van der Waals surface area contributed by atoms with Crippen molar-refractivity contribution in [2.24, 2.45) is 11.8 Å². The Bertz CT molecular complexity index is 515. The van der Waals surface area contributed by atoms with Gasteiger partial charge in [0.1, 0.15) is 0 Å². The van der Waals surface area contributed by atoms with Crippen LogP contribution in [-0.2, 0) is 4.79 Å². The average Bonchev–Trinajstić information content (AvgIpc) is 2.45. The molecule has 3 unspecified atom stereocenters. The molecule has 4 nitrogen and oxygen atoms in total. The van der Waals surface area contributed by atoms with Crippen LogP contribution in [-0.4, -0.2) is 29.9 Å². The van der Waals surface area contributed by atoms with Crippen molar-refractivity contribution in [3.63, 3.8) is 0 Å². The quantitative estimate of drug-likeness (QED) is 0.841. The number of hydrogen-bond donors (Lipinski definition) is 2. The molecule has 4 heteroatoms. The van der Waals surface area contributed by atoms with Crippen molar-refractivity contribution in [3.05, 3.63) is 23.8 Å². The van der Waals surface area contributed by atoms with Gasteiger partial charge in [-0.25, -0.2) is 0 Å². The van der Waals surface area contributed by atoms with E-state index in [0.717, 1.165) is 36.7 Å². The van der Waals surface area contributed by atoms with E-state index in [1.54, 1.807) is 0 Å². The van der Waals surface area contributed by atoms with Crippen LogP contribution in [0.3, 0.4) is 0 Å². The van der Waals surface area contributed by atoms with Gasteiger partial charge in [-0.05, 0) is 56.3 Å². The number of aryl methyl sites for hydroxylation is 1. The van der Waals surface area contributed by atoms with Crippen molar-refractivity contribution >= 4 is 17.3 Å². The second-order valence-electron chi connectivity index (χ2n) is 6.48. The number of nitrogens with one attached hydrogen (secondary N) is 1. The normalized spacial score (nSPS) is 24.6. The molecule has 1 heterocycles. The van der Waals surface area contributed by atoms with Gasteiger partial charge in [0.25, 0.3) is 0 Å². The van der Waals surface area contributed by atoms with Gasteiger partial charge in [-0.3, -0.25) is 9.69 Å². The Labute approximate surface area is 127 Å².